The van der Waals surface area contributed by atoms with Gasteiger partial charge in [-0.2, -0.15) is 0 Å². The molecule has 4 rings (SSSR count). The van der Waals surface area contributed by atoms with Gasteiger partial charge in [-0.05, 0) is 67.3 Å². The summed E-state index contributed by atoms with van der Waals surface area (Å²) in [6.45, 7) is 9.53. The molecule has 3 aromatic rings. The highest BCUT2D eigenvalue weighted by Crippen LogP contribution is 2.42. The third-order valence-electron chi connectivity index (χ3n) is 5.58. The summed E-state index contributed by atoms with van der Waals surface area (Å²) < 4.78 is 5.49. The van der Waals surface area contributed by atoms with Crippen molar-refractivity contribution in [1.29, 1.82) is 0 Å². The fourth-order valence-electron chi connectivity index (χ4n) is 3.94. The maximum atomic E-state index is 12.8. The molecule has 1 atom stereocenters. The molecule has 0 saturated carbocycles. The predicted octanol–water partition coefficient (Wildman–Crippen LogP) is 5.20. The van der Waals surface area contributed by atoms with E-state index in [9.17, 15) is 4.79 Å². The van der Waals surface area contributed by atoms with Crippen LogP contribution in [0, 0.1) is 11.3 Å². The normalized spacial score (nSPS) is 17.1. The van der Waals surface area contributed by atoms with E-state index in [1.165, 1.54) is 10.4 Å². The Balaban J connectivity index is 1.74. The fraction of sp³-hybridized carbons (Fsp3) is 0.455. The Labute approximate surface area is 163 Å². The van der Waals surface area contributed by atoms with E-state index < -0.39 is 0 Å². The van der Waals surface area contributed by atoms with Crippen LogP contribution < -0.4 is 10.3 Å². The lowest BCUT2D eigenvalue weighted by Gasteiger charge is -2.33. The first-order chi connectivity index (χ1) is 12.9. The highest BCUT2D eigenvalue weighted by molar-refractivity contribution is 7.18. The number of rotatable bonds is 3. The van der Waals surface area contributed by atoms with E-state index in [2.05, 4.69) is 25.8 Å². The summed E-state index contributed by atoms with van der Waals surface area (Å²) in [6, 6.07) is 7.71. The zero-order valence-electron chi connectivity index (χ0n) is 16.4. The Hall–Kier alpha value is -2.14. The molecule has 0 spiro atoms. The van der Waals surface area contributed by atoms with Gasteiger partial charge in [-0.15, -0.1) is 11.3 Å². The molecule has 1 aromatic carbocycles. The molecule has 0 amide bonds. The molecule has 5 heteroatoms. The number of fused-ring (bicyclic) bond motifs is 3. The Bertz CT molecular complexity index is 1030. The van der Waals surface area contributed by atoms with E-state index >= 15 is 0 Å². The molecular formula is C22H26N2O2S. The number of benzene rings is 1. The van der Waals surface area contributed by atoms with E-state index in [4.69, 9.17) is 9.72 Å². The number of thiophene rings is 1. The van der Waals surface area contributed by atoms with Gasteiger partial charge in [0.2, 0.25) is 0 Å². The van der Waals surface area contributed by atoms with Gasteiger partial charge >= 0.3 is 0 Å². The molecule has 1 aliphatic rings. The van der Waals surface area contributed by atoms with Gasteiger partial charge in [-0.25, -0.2) is 4.98 Å². The number of nitrogens with zero attached hydrogens (tertiary/aromatic N) is 1. The summed E-state index contributed by atoms with van der Waals surface area (Å²) in [5, 5.41) is 0.803. The molecule has 4 nitrogen and oxygen atoms in total. The zero-order valence-corrected chi connectivity index (χ0v) is 17.2. The van der Waals surface area contributed by atoms with E-state index in [1.54, 1.807) is 11.3 Å². The molecule has 27 heavy (non-hydrogen) atoms. The minimum Gasteiger partial charge on any atom is -0.494 e. The Morgan fingerprint density at radius 1 is 1.26 bits per heavy atom. The minimum absolute atomic E-state index is 0.0180. The first-order valence-electron chi connectivity index (χ1n) is 9.64. The molecule has 0 saturated heterocycles. The summed E-state index contributed by atoms with van der Waals surface area (Å²) in [7, 11) is 0. The molecule has 0 bridgehead atoms. The Kier molecular flexibility index (Phi) is 4.58. The second-order valence-electron chi connectivity index (χ2n) is 8.36. The summed E-state index contributed by atoms with van der Waals surface area (Å²) in [5.74, 6) is 2.11. The molecule has 2 heterocycles. The summed E-state index contributed by atoms with van der Waals surface area (Å²) in [6.07, 6.45) is 3.17. The minimum atomic E-state index is -0.0180. The maximum absolute atomic E-state index is 12.8. The monoisotopic (exact) mass is 382 g/mol. The first-order valence-corrected chi connectivity index (χ1v) is 10.5. The van der Waals surface area contributed by atoms with Crippen molar-refractivity contribution in [2.24, 2.45) is 11.3 Å². The predicted molar refractivity (Wildman–Crippen MR) is 112 cm³/mol. The van der Waals surface area contributed by atoms with Crippen molar-refractivity contribution in [3.63, 3.8) is 0 Å². The highest BCUT2D eigenvalue weighted by atomic mass is 32.1. The van der Waals surface area contributed by atoms with Crippen LogP contribution in [0.15, 0.2) is 29.1 Å². The van der Waals surface area contributed by atoms with E-state index in [-0.39, 0.29) is 5.56 Å². The first kappa shape index (κ1) is 18.2. The summed E-state index contributed by atoms with van der Waals surface area (Å²) in [4.78, 5) is 22.8. The van der Waals surface area contributed by atoms with Crippen molar-refractivity contribution in [3.05, 3.63) is 45.1 Å². The third kappa shape index (κ3) is 3.41. The maximum Gasteiger partial charge on any atom is 0.260 e. The second-order valence-corrected chi connectivity index (χ2v) is 9.45. The molecule has 0 radical (unpaired) electrons. The lowest BCUT2D eigenvalue weighted by Crippen LogP contribution is -2.26. The van der Waals surface area contributed by atoms with Crippen LogP contribution in [0.3, 0.4) is 0 Å². The second kappa shape index (κ2) is 6.79. The number of hydrogen-bond donors (Lipinski definition) is 1. The average molecular weight is 383 g/mol. The quantitative estimate of drug-likeness (QED) is 0.677. The molecule has 1 unspecified atom stereocenters. The standard InChI is InChI=1S/C22H26N2O2S/c1-5-26-15-9-6-13(7-10-15)19-23-20(25)18-16-11-8-14(22(2,3)4)12-17(16)27-21(18)24-19/h6-7,9-10,14H,5,8,11-12H2,1-4H3,(H,23,24,25). The van der Waals surface area contributed by atoms with Gasteiger partial charge in [0.05, 0.1) is 12.0 Å². The van der Waals surface area contributed by atoms with Gasteiger partial charge in [-0.1, -0.05) is 20.8 Å². The number of ether oxygens (including phenoxy) is 1. The van der Waals surface area contributed by atoms with Crippen LogP contribution in [0.1, 0.15) is 44.6 Å². The van der Waals surface area contributed by atoms with Crippen LogP contribution in [0.5, 0.6) is 5.75 Å². The van der Waals surface area contributed by atoms with Crippen molar-refractivity contribution in [2.75, 3.05) is 6.61 Å². The highest BCUT2D eigenvalue weighted by Gasteiger charge is 2.31. The molecule has 1 N–H and O–H groups in total. The smallest absolute Gasteiger partial charge is 0.260 e. The number of aryl methyl sites for hydroxylation is 1. The van der Waals surface area contributed by atoms with E-state index in [0.29, 0.717) is 23.8 Å². The number of hydrogen-bond acceptors (Lipinski definition) is 4. The molecule has 142 valence electrons. The van der Waals surface area contributed by atoms with Crippen molar-refractivity contribution in [1.82, 2.24) is 9.97 Å². The summed E-state index contributed by atoms with van der Waals surface area (Å²) in [5.41, 5.74) is 2.40. The SMILES string of the molecule is CCOc1ccc(-c2nc3sc4c(c3c(=O)[nH]2)CCC(C(C)(C)C)C4)cc1. The number of H-pyrrole nitrogens is 1. The van der Waals surface area contributed by atoms with Crippen LogP contribution in [0.2, 0.25) is 0 Å². The number of nitrogens with one attached hydrogen (secondary N) is 1. The molecule has 2 aromatic heterocycles. The molecule has 1 aliphatic carbocycles. The van der Waals surface area contributed by atoms with Gasteiger partial charge < -0.3 is 9.72 Å². The van der Waals surface area contributed by atoms with Crippen LogP contribution in [0.25, 0.3) is 21.6 Å². The third-order valence-corrected chi connectivity index (χ3v) is 6.73. The van der Waals surface area contributed by atoms with E-state index in [1.807, 2.05) is 31.2 Å². The van der Waals surface area contributed by atoms with Gasteiger partial charge in [0.25, 0.3) is 5.56 Å². The largest absolute Gasteiger partial charge is 0.494 e. The van der Waals surface area contributed by atoms with Crippen LogP contribution in [-0.4, -0.2) is 16.6 Å². The van der Waals surface area contributed by atoms with Crippen molar-refractivity contribution >= 4 is 21.6 Å². The lowest BCUT2D eigenvalue weighted by atomic mass is 9.72. The molecule has 0 fully saturated rings. The topological polar surface area (TPSA) is 55.0 Å². The van der Waals surface area contributed by atoms with Gasteiger partial charge in [-0.3, -0.25) is 4.79 Å². The average Bonchev–Trinajstić information content (AvgIpc) is 3.00. The van der Waals surface area contributed by atoms with Crippen LogP contribution in [0.4, 0.5) is 0 Å². The van der Waals surface area contributed by atoms with Gasteiger partial charge in [0.15, 0.2) is 0 Å². The Morgan fingerprint density at radius 3 is 2.67 bits per heavy atom. The summed E-state index contributed by atoms with van der Waals surface area (Å²) >= 11 is 1.70. The van der Waals surface area contributed by atoms with Crippen molar-refractivity contribution < 1.29 is 4.74 Å². The van der Waals surface area contributed by atoms with E-state index in [0.717, 1.165) is 40.8 Å². The Morgan fingerprint density at radius 2 is 2.00 bits per heavy atom. The zero-order chi connectivity index (χ0) is 19.2. The number of aromatic nitrogens is 2. The van der Waals surface area contributed by atoms with Crippen LogP contribution >= 0.6 is 11.3 Å². The molecular weight excluding hydrogens is 356 g/mol. The number of aromatic amines is 1. The van der Waals surface area contributed by atoms with Gasteiger partial charge in [0.1, 0.15) is 16.4 Å². The lowest BCUT2D eigenvalue weighted by molar-refractivity contribution is 0.218. The van der Waals surface area contributed by atoms with Crippen molar-refractivity contribution in [2.45, 2.75) is 47.0 Å². The molecule has 0 aliphatic heterocycles. The van der Waals surface area contributed by atoms with Crippen LogP contribution in [-0.2, 0) is 12.8 Å². The van der Waals surface area contributed by atoms with Crippen molar-refractivity contribution in [3.8, 4) is 17.1 Å². The fourth-order valence-corrected chi connectivity index (χ4v) is 5.24. The van der Waals surface area contributed by atoms with Gasteiger partial charge in [0, 0.05) is 10.4 Å².